The topological polar surface area (TPSA) is 94.0 Å². The first kappa shape index (κ1) is 21.2. The highest BCUT2D eigenvalue weighted by Gasteiger charge is 2.50. The monoisotopic (exact) mass is 472 g/mol. The Labute approximate surface area is 185 Å². The van der Waals surface area contributed by atoms with Crippen LogP contribution in [0.3, 0.4) is 0 Å². The molecule has 3 aliphatic rings. The third-order valence-corrected chi connectivity index (χ3v) is 8.48. The lowest BCUT2D eigenvalue weighted by Crippen LogP contribution is -2.28. The van der Waals surface area contributed by atoms with E-state index in [0.29, 0.717) is 12.8 Å². The first-order chi connectivity index (χ1) is 14.0. The Morgan fingerprint density at radius 2 is 2.10 bits per heavy atom. The van der Waals surface area contributed by atoms with Crippen molar-refractivity contribution in [3.63, 3.8) is 0 Å². The number of aromatic nitrogens is 2. The number of aliphatic imine (C=N–C) groups is 1. The van der Waals surface area contributed by atoms with Crippen molar-refractivity contribution in [2.24, 2.45) is 4.99 Å². The minimum atomic E-state index is -1.30. The van der Waals surface area contributed by atoms with Gasteiger partial charge in [-0.3, -0.25) is 4.99 Å². The van der Waals surface area contributed by atoms with Crippen molar-refractivity contribution >= 4 is 68.9 Å². The number of cyclic esters (lactones) is 2. The highest BCUT2D eigenvalue weighted by Crippen LogP contribution is 2.42. The lowest BCUT2D eigenvalue weighted by molar-refractivity contribution is -0.150. The van der Waals surface area contributed by atoms with Crippen LogP contribution in [0.5, 0.6) is 0 Å². The van der Waals surface area contributed by atoms with E-state index in [9.17, 15) is 9.59 Å². The number of ether oxygens (including phenoxy) is 2. The molecule has 3 aliphatic heterocycles. The van der Waals surface area contributed by atoms with Crippen LogP contribution in [0.15, 0.2) is 16.1 Å². The lowest BCUT2D eigenvalue weighted by Gasteiger charge is -2.24. The van der Waals surface area contributed by atoms with Crippen LogP contribution in [0, 0.1) is 0 Å². The number of hydrogen-bond acceptors (Lipinski definition) is 12. The number of rotatable bonds is 7. The number of hydrogen-bond donors (Lipinski definition) is 0. The van der Waals surface area contributed by atoms with Crippen LogP contribution < -0.4 is 0 Å². The summed E-state index contributed by atoms with van der Waals surface area (Å²) in [5.74, 6) is -0.236. The molecule has 0 aliphatic carbocycles. The highest BCUT2D eigenvalue weighted by atomic mass is 32.2. The number of carbonyl (C=O) groups is 2. The quantitative estimate of drug-likeness (QED) is 0.255. The molecule has 8 nitrogen and oxygen atoms in total. The summed E-state index contributed by atoms with van der Waals surface area (Å²) in [7, 11) is 2.11. The average molecular weight is 473 g/mol. The molecule has 4 heterocycles. The molecular formula is C17H20N4O4S4. The molecular weight excluding hydrogens is 452 g/mol. The number of carbonyl (C=O) groups excluding carboxylic acids is 2. The number of nitrogens with zero attached hydrogens (tertiary/aromatic N) is 4. The summed E-state index contributed by atoms with van der Waals surface area (Å²) in [6, 6.07) is 0. The van der Waals surface area contributed by atoms with Crippen molar-refractivity contribution in [2.75, 3.05) is 38.2 Å². The van der Waals surface area contributed by atoms with Gasteiger partial charge in [-0.05, 0) is 43.0 Å². The molecule has 0 spiro atoms. The summed E-state index contributed by atoms with van der Waals surface area (Å²) in [5.41, 5.74) is 2.18. The van der Waals surface area contributed by atoms with Gasteiger partial charge in [0.1, 0.15) is 15.1 Å². The molecule has 0 atom stereocenters. The molecule has 0 bridgehead atoms. The van der Waals surface area contributed by atoms with Crippen molar-refractivity contribution in [2.45, 2.75) is 29.4 Å². The summed E-state index contributed by atoms with van der Waals surface area (Å²) in [5, 5.41) is -0.378. The molecule has 156 valence electrons. The minimum Gasteiger partial charge on any atom is -0.404 e. The van der Waals surface area contributed by atoms with E-state index >= 15 is 0 Å². The zero-order valence-electron chi connectivity index (χ0n) is 15.8. The van der Waals surface area contributed by atoms with Crippen LogP contribution >= 0.6 is 47.0 Å². The van der Waals surface area contributed by atoms with E-state index in [4.69, 9.17) is 9.47 Å². The first-order valence-corrected chi connectivity index (χ1v) is 12.7. The maximum atomic E-state index is 11.6. The maximum Gasteiger partial charge on any atom is 0.421 e. The summed E-state index contributed by atoms with van der Waals surface area (Å²) >= 11 is 5.66. The molecule has 0 aromatic carbocycles. The molecule has 0 N–H and O–H groups in total. The van der Waals surface area contributed by atoms with Gasteiger partial charge in [0.15, 0.2) is 0 Å². The summed E-state index contributed by atoms with van der Waals surface area (Å²) in [6.45, 7) is 2.67. The Morgan fingerprint density at radius 3 is 2.83 bits per heavy atom. The second-order valence-corrected chi connectivity index (χ2v) is 10.9. The summed E-state index contributed by atoms with van der Waals surface area (Å²) in [4.78, 5) is 29.9. The second-order valence-electron chi connectivity index (χ2n) is 6.69. The number of likely N-dealkylation sites (N-methyl/N-ethyl adjacent to an activating group) is 1. The predicted molar refractivity (Wildman–Crippen MR) is 117 cm³/mol. The van der Waals surface area contributed by atoms with Crippen LogP contribution in [0.4, 0.5) is 0 Å². The Balaban J connectivity index is 1.34. The van der Waals surface area contributed by atoms with Crippen molar-refractivity contribution in [1.29, 1.82) is 0 Å². The van der Waals surface area contributed by atoms with E-state index in [0.717, 1.165) is 52.7 Å². The molecule has 0 radical (unpaired) electrons. The van der Waals surface area contributed by atoms with E-state index < -0.39 is 17.1 Å². The average Bonchev–Trinajstić information content (AvgIpc) is 3.41. The van der Waals surface area contributed by atoms with Gasteiger partial charge in [-0.25, -0.2) is 9.59 Å². The fraction of sp³-hybridized carbons (Fsp3) is 0.588. The lowest BCUT2D eigenvalue weighted by atomic mass is 10.1. The zero-order chi connectivity index (χ0) is 20.3. The van der Waals surface area contributed by atoms with Gasteiger partial charge in [0.2, 0.25) is 0 Å². The van der Waals surface area contributed by atoms with Gasteiger partial charge in [0.05, 0.1) is 18.3 Å². The van der Waals surface area contributed by atoms with E-state index in [1.807, 2.05) is 0 Å². The minimum absolute atomic E-state index is 0.403. The Morgan fingerprint density at radius 1 is 1.28 bits per heavy atom. The van der Waals surface area contributed by atoms with Gasteiger partial charge < -0.3 is 14.4 Å². The third-order valence-electron chi connectivity index (χ3n) is 4.43. The van der Waals surface area contributed by atoms with Crippen LogP contribution in [0.25, 0.3) is 5.57 Å². The van der Waals surface area contributed by atoms with Gasteiger partial charge in [0.25, 0.3) is 0 Å². The van der Waals surface area contributed by atoms with Gasteiger partial charge in [-0.2, -0.15) is 8.75 Å². The Kier molecular flexibility index (Phi) is 6.84. The summed E-state index contributed by atoms with van der Waals surface area (Å²) in [6.07, 6.45) is 4.35. The van der Waals surface area contributed by atoms with Crippen molar-refractivity contribution < 1.29 is 19.1 Å². The standard InChI is InChI=1S/C17H20N4O4S4/c1-21-7-2-4-11(10-21)12-13(20-29-19-12)26-8-3-5-17(24-14(22)15(23)25-17)28-16-18-6-9-27-16/h4H,2-3,5-10H2,1H3. The molecule has 1 fully saturated rings. The molecule has 12 heteroatoms. The fourth-order valence-electron chi connectivity index (χ4n) is 3.09. The molecule has 1 aromatic heterocycles. The van der Waals surface area contributed by atoms with Crippen molar-refractivity contribution in [3.8, 4) is 0 Å². The van der Waals surface area contributed by atoms with Crippen LogP contribution in [-0.4, -0.2) is 73.3 Å². The van der Waals surface area contributed by atoms with Gasteiger partial charge in [0, 0.05) is 25.3 Å². The first-order valence-electron chi connectivity index (χ1n) is 9.20. The van der Waals surface area contributed by atoms with Crippen LogP contribution in [-0.2, 0) is 19.1 Å². The van der Waals surface area contributed by atoms with E-state index in [1.165, 1.54) is 29.1 Å². The smallest absolute Gasteiger partial charge is 0.404 e. The van der Waals surface area contributed by atoms with Gasteiger partial charge >= 0.3 is 17.1 Å². The SMILES string of the molecule is CN1CCC=C(c2nsnc2SCCCC2(SC3=NCCS3)OC(=O)C(=O)O2)C1. The molecule has 29 heavy (non-hydrogen) atoms. The highest BCUT2D eigenvalue weighted by molar-refractivity contribution is 8.39. The molecule has 1 saturated heterocycles. The normalized spacial score (nSPS) is 21.7. The molecule has 4 rings (SSSR count). The Bertz CT molecular complexity index is 840. The van der Waals surface area contributed by atoms with E-state index in [2.05, 4.69) is 31.8 Å². The maximum absolute atomic E-state index is 11.6. The second kappa shape index (κ2) is 9.38. The van der Waals surface area contributed by atoms with E-state index in [1.54, 1.807) is 23.5 Å². The van der Waals surface area contributed by atoms with Crippen LogP contribution in [0.2, 0.25) is 0 Å². The van der Waals surface area contributed by atoms with Crippen LogP contribution in [0.1, 0.15) is 25.0 Å². The van der Waals surface area contributed by atoms with Gasteiger partial charge in [-0.15, -0.1) is 11.8 Å². The summed E-state index contributed by atoms with van der Waals surface area (Å²) < 4.78 is 20.3. The van der Waals surface area contributed by atoms with Crippen molar-refractivity contribution in [1.82, 2.24) is 13.6 Å². The number of esters is 2. The predicted octanol–water partition coefficient (Wildman–Crippen LogP) is 2.72. The van der Waals surface area contributed by atoms with Gasteiger partial charge in [-0.1, -0.05) is 17.8 Å². The molecule has 0 amide bonds. The third kappa shape index (κ3) is 5.16. The molecule has 0 saturated carbocycles. The molecule has 1 aromatic rings. The molecule has 0 unspecified atom stereocenters. The van der Waals surface area contributed by atoms with E-state index in [-0.39, 0.29) is 0 Å². The zero-order valence-corrected chi connectivity index (χ0v) is 19.1. The fourth-order valence-corrected chi connectivity index (χ4v) is 7.05. The number of thioether (sulfide) groups is 3. The van der Waals surface area contributed by atoms with Crippen molar-refractivity contribution in [3.05, 3.63) is 11.8 Å². The Hall–Kier alpha value is -1.08. The largest absolute Gasteiger partial charge is 0.421 e.